The van der Waals surface area contributed by atoms with Gasteiger partial charge in [0.2, 0.25) is 0 Å². The third-order valence-electron chi connectivity index (χ3n) is 3.25. The molecule has 4 nitrogen and oxygen atoms in total. The van der Waals surface area contributed by atoms with Gasteiger partial charge in [-0.2, -0.15) is 0 Å². The highest BCUT2D eigenvalue weighted by Crippen LogP contribution is 2.17. The number of benzene rings is 2. The van der Waals surface area contributed by atoms with Crippen LogP contribution in [0, 0.1) is 6.92 Å². The Kier molecular flexibility index (Phi) is 5.42. The van der Waals surface area contributed by atoms with Gasteiger partial charge in [0, 0.05) is 5.56 Å². The third kappa shape index (κ3) is 4.52. The summed E-state index contributed by atoms with van der Waals surface area (Å²) in [4.78, 5) is 12.1. The molecule has 0 bridgehead atoms. The van der Waals surface area contributed by atoms with Gasteiger partial charge in [0.15, 0.2) is 0 Å². The smallest absolute Gasteiger partial charge is 0.251 e. The molecule has 0 saturated heterocycles. The van der Waals surface area contributed by atoms with Crippen LogP contribution >= 0.6 is 0 Å². The molecule has 2 rings (SSSR count). The van der Waals surface area contributed by atoms with E-state index in [9.17, 15) is 4.79 Å². The van der Waals surface area contributed by atoms with Gasteiger partial charge in [0.05, 0.1) is 13.2 Å². The quantitative estimate of drug-likeness (QED) is 0.891. The first kappa shape index (κ1) is 15.9. The van der Waals surface area contributed by atoms with Crippen LogP contribution in [0.4, 0.5) is 0 Å². The monoisotopic (exact) mass is 299 g/mol. The predicted molar refractivity (Wildman–Crippen MR) is 86.6 cm³/mol. The second kappa shape index (κ2) is 7.50. The van der Waals surface area contributed by atoms with Crippen LogP contribution in [0.1, 0.15) is 22.8 Å². The molecule has 2 aromatic carbocycles. The number of amides is 1. The van der Waals surface area contributed by atoms with Gasteiger partial charge >= 0.3 is 0 Å². The van der Waals surface area contributed by atoms with E-state index in [1.54, 1.807) is 7.11 Å². The molecule has 0 aliphatic rings. The first-order valence-electron chi connectivity index (χ1n) is 7.23. The molecule has 0 aliphatic heterocycles. The molecule has 0 aliphatic carbocycles. The minimum Gasteiger partial charge on any atom is -0.497 e. The summed E-state index contributed by atoms with van der Waals surface area (Å²) >= 11 is 0. The van der Waals surface area contributed by atoms with Crippen molar-refractivity contribution in [1.29, 1.82) is 0 Å². The Morgan fingerprint density at radius 1 is 1.05 bits per heavy atom. The Morgan fingerprint density at radius 2 is 1.64 bits per heavy atom. The maximum absolute atomic E-state index is 12.1. The molecule has 116 valence electrons. The summed E-state index contributed by atoms with van der Waals surface area (Å²) in [5, 5.41) is 2.92. The van der Waals surface area contributed by atoms with Gasteiger partial charge in [0.25, 0.3) is 5.91 Å². The molecule has 22 heavy (non-hydrogen) atoms. The third-order valence-corrected chi connectivity index (χ3v) is 3.25. The van der Waals surface area contributed by atoms with E-state index >= 15 is 0 Å². The van der Waals surface area contributed by atoms with Crippen molar-refractivity contribution in [2.45, 2.75) is 19.9 Å². The van der Waals surface area contributed by atoms with Gasteiger partial charge in [-0.05, 0) is 50.2 Å². The highest BCUT2D eigenvalue weighted by atomic mass is 16.5. The zero-order valence-corrected chi connectivity index (χ0v) is 13.1. The van der Waals surface area contributed by atoms with Crippen molar-refractivity contribution in [3.63, 3.8) is 0 Å². The lowest BCUT2D eigenvalue weighted by Crippen LogP contribution is -2.36. The first-order chi connectivity index (χ1) is 10.6. The molecule has 1 N–H and O–H groups in total. The molecule has 1 atom stereocenters. The van der Waals surface area contributed by atoms with Gasteiger partial charge < -0.3 is 14.8 Å². The number of nitrogens with one attached hydrogen (secondary N) is 1. The van der Waals surface area contributed by atoms with Crippen molar-refractivity contribution in [1.82, 2.24) is 5.32 Å². The molecule has 0 saturated carbocycles. The molecule has 0 radical (unpaired) electrons. The highest BCUT2D eigenvalue weighted by molar-refractivity contribution is 5.94. The first-order valence-corrected chi connectivity index (χ1v) is 7.23. The van der Waals surface area contributed by atoms with Crippen LogP contribution in [0.3, 0.4) is 0 Å². The molecule has 0 fully saturated rings. The van der Waals surface area contributed by atoms with Gasteiger partial charge in [-0.25, -0.2) is 0 Å². The summed E-state index contributed by atoms with van der Waals surface area (Å²) in [5.74, 6) is 1.44. The van der Waals surface area contributed by atoms with Crippen molar-refractivity contribution in [3.05, 3.63) is 59.7 Å². The topological polar surface area (TPSA) is 47.6 Å². The normalized spacial score (nSPS) is 11.6. The van der Waals surface area contributed by atoms with E-state index in [-0.39, 0.29) is 11.9 Å². The van der Waals surface area contributed by atoms with E-state index in [1.807, 2.05) is 62.4 Å². The van der Waals surface area contributed by atoms with E-state index in [0.717, 1.165) is 17.1 Å². The SMILES string of the molecule is COc1ccc(OC[C@@H](C)NC(=O)c2ccc(C)cc2)cc1. The van der Waals surface area contributed by atoms with Crippen LogP contribution in [-0.2, 0) is 0 Å². The molecular weight excluding hydrogens is 278 g/mol. The van der Waals surface area contributed by atoms with E-state index in [2.05, 4.69) is 5.32 Å². The van der Waals surface area contributed by atoms with Gasteiger partial charge in [-0.15, -0.1) is 0 Å². The van der Waals surface area contributed by atoms with Crippen LogP contribution in [-0.4, -0.2) is 25.7 Å². The van der Waals surface area contributed by atoms with Crippen LogP contribution in [0.15, 0.2) is 48.5 Å². The average molecular weight is 299 g/mol. The number of carbonyl (C=O) groups excluding carboxylic acids is 1. The Morgan fingerprint density at radius 3 is 2.23 bits per heavy atom. The second-order valence-electron chi connectivity index (χ2n) is 5.23. The van der Waals surface area contributed by atoms with Crippen molar-refractivity contribution in [3.8, 4) is 11.5 Å². The Bertz CT molecular complexity index is 605. The highest BCUT2D eigenvalue weighted by Gasteiger charge is 2.10. The summed E-state index contributed by atoms with van der Waals surface area (Å²) in [7, 11) is 1.62. The molecule has 1 amide bonds. The number of carbonyl (C=O) groups is 1. The van der Waals surface area contributed by atoms with E-state index in [0.29, 0.717) is 12.2 Å². The predicted octanol–water partition coefficient (Wildman–Crippen LogP) is 3.20. The number of rotatable bonds is 6. The summed E-state index contributed by atoms with van der Waals surface area (Å²) in [6.07, 6.45) is 0. The fourth-order valence-corrected chi connectivity index (χ4v) is 1.95. The fourth-order valence-electron chi connectivity index (χ4n) is 1.95. The van der Waals surface area contributed by atoms with Crippen molar-refractivity contribution < 1.29 is 14.3 Å². The summed E-state index contributed by atoms with van der Waals surface area (Å²) in [6.45, 7) is 4.31. The number of aryl methyl sites for hydroxylation is 1. The maximum atomic E-state index is 12.1. The lowest BCUT2D eigenvalue weighted by molar-refractivity contribution is 0.0926. The van der Waals surface area contributed by atoms with E-state index < -0.39 is 0 Å². The van der Waals surface area contributed by atoms with Crippen molar-refractivity contribution in [2.24, 2.45) is 0 Å². The van der Waals surface area contributed by atoms with Crippen molar-refractivity contribution >= 4 is 5.91 Å². The zero-order chi connectivity index (χ0) is 15.9. The Balaban J connectivity index is 1.82. The number of hydrogen-bond donors (Lipinski definition) is 1. The lowest BCUT2D eigenvalue weighted by atomic mass is 10.1. The number of methoxy groups -OCH3 is 1. The summed E-state index contributed by atoms with van der Waals surface area (Å²) in [5.41, 5.74) is 1.79. The summed E-state index contributed by atoms with van der Waals surface area (Å²) in [6, 6.07) is 14.8. The van der Waals surface area contributed by atoms with Gasteiger partial charge in [-0.3, -0.25) is 4.79 Å². The summed E-state index contributed by atoms with van der Waals surface area (Å²) < 4.78 is 10.7. The van der Waals surface area contributed by atoms with Crippen LogP contribution < -0.4 is 14.8 Å². The second-order valence-corrected chi connectivity index (χ2v) is 5.23. The molecule has 2 aromatic rings. The van der Waals surface area contributed by atoms with Gasteiger partial charge in [-0.1, -0.05) is 17.7 Å². The van der Waals surface area contributed by atoms with E-state index in [1.165, 1.54) is 0 Å². The minimum atomic E-state index is -0.0918. The number of ether oxygens (including phenoxy) is 2. The van der Waals surface area contributed by atoms with Crippen LogP contribution in [0.25, 0.3) is 0 Å². The number of hydrogen-bond acceptors (Lipinski definition) is 3. The minimum absolute atomic E-state index is 0.0871. The zero-order valence-electron chi connectivity index (χ0n) is 13.1. The molecule has 0 aromatic heterocycles. The maximum Gasteiger partial charge on any atom is 0.251 e. The molecular formula is C18H21NO3. The van der Waals surface area contributed by atoms with Crippen LogP contribution in [0.5, 0.6) is 11.5 Å². The largest absolute Gasteiger partial charge is 0.497 e. The fraction of sp³-hybridized carbons (Fsp3) is 0.278. The van der Waals surface area contributed by atoms with E-state index in [4.69, 9.17) is 9.47 Å². The molecule has 0 spiro atoms. The van der Waals surface area contributed by atoms with Crippen molar-refractivity contribution in [2.75, 3.05) is 13.7 Å². The molecule has 0 heterocycles. The Hall–Kier alpha value is -2.49. The standard InChI is InChI=1S/C18H21NO3/c1-13-4-6-15(7-5-13)18(20)19-14(2)12-22-17-10-8-16(21-3)9-11-17/h4-11,14H,12H2,1-3H3,(H,19,20)/t14-/m1/s1. The Labute approximate surface area is 131 Å². The molecule has 4 heteroatoms. The molecule has 0 unspecified atom stereocenters. The van der Waals surface area contributed by atoms with Crippen LogP contribution in [0.2, 0.25) is 0 Å². The lowest BCUT2D eigenvalue weighted by Gasteiger charge is -2.15. The van der Waals surface area contributed by atoms with Gasteiger partial charge in [0.1, 0.15) is 18.1 Å². The average Bonchev–Trinajstić information content (AvgIpc) is 2.54.